The van der Waals surface area contributed by atoms with Crippen LogP contribution in [0.5, 0.6) is 0 Å². The molecule has 100 valence electrons. The minimum Gasteiger partial charge on any atom is -0.469 e. The number of rotatable bonds is 5. The van der Waals surface area contributed by atoms with Crippen LogP contribution in [0.25, 0.3) is 0 Å². The Labute approximate surface area is 105 Å². The van der Waals surface area contributed by atoms with Gasteiger partial charge >= 0.3 is 5.97 Å². The highest BCUT2D eigenvalue weighted by atomic mass is 32.2. The number of hydrogen-bond acceptors (Lipinski definition) is 6. The van der Waals surface area contributed by atoms with Gasteiger partial charge in [-0.05, 0) is 18.6 Å². The molecule has 0 saturated heterocycles. The molecule has 7 nitrogen and oxygen atoms in total. The number of esters is 1. The molecule has 0 aliphatic rings. The van der Waals surface area contributed by atoms with Crippen molar-refractivity contribution in [1.29, 1.82) is 0 Å². The highest BCUT2D eigenvalue weighted by molar-refractivity contribution is 7.92. The average molecular weight is 273 g/mol. The first-order valence-corrected chi connectivity index (χ1v) is 6.78. The van der Waals surface area contributed by atoms with E-state index in [0.29, 0.717) is 5.69 Å². The van der Waals surface area contributed by atoms with E-state index in [2.05, 4.69) is 14.4 Å². The van der Waals surface area contributed by atoms with Gasteiger partial charge in [0.15, 0.2) is 0 Å². The second-order valence-corrected chi connectivity index (χ2v) is 5.52. The molecule has 0 saturated carbocycles. The number of nitrogens with zero attached hydrogens (tertiary/aromatic N) is 1. The first kappa shape index (κ1) is 14.2. The summed E-state index contributed by atoms with van der Waals surface area (Å²) in [6, 6.07) is 1.52. The van der Waals surface area contributed by atoms with Gasteiger partial charge in [0, 0.05) is 0 Å². The molecule has 0 aromatic carbocycles. The number of ether oxygens (including phenoxy) is 1. The van der Waals surface area contributed by atoms with Crippen LogP contribution in [0.3, 0.4) is 0 Å². The molecular formula is C10H15N3O4S. The molecule has 0 amide bonds. The first-order chi connectivity index (χ1) is 8.34. The number of anilines is 2. The van der Waals surface area contributed by atoms with E-state index in [9.17, 15) is 13.2 Å². The summed E-state index contributed by atoms with van der Waals surface area (Å²) in [5.41, 5.74) is 6.77. The Balaban J connectivity index is 2.70. The zero-order valence-electron chi connectivity index (χ0n) is 10.1. The third-order valence-electron chi connectivity index (χ3n) is 2.21. The van der Waals surface area contributed by atoms with Crippen LogP contribution in [-0.4, -0.2) is 32.2 Å². The molecule has 0 aliphatic heterocycles. The van der Waals surface area contributed by atoms with Crippen molar-refractivity contribution in [1.82, 2.24) is 4.98 Å². The third-order valence-corrected chi connectivity index (χ3v) is 3.48. The predicted molar refractivity (Wildman–Crippen MR) is 67.4 cm³/mol. The van der Waals surface area contributed by atoms with Gasteiger partial charge in [0.25, 0.3) is 0 Å². The van der Waals surface area contributed by atoms with Gasteiger partial charge < -0.3 is 10.5 Å². The molecule has 1 rings (SSSR count). The largest absolute Gasteiger partial charge is 0.469 e. The van der Waals surface area contributed by atoms with Crippen LogP contribution in [0.15, 0.2) is 12.3 Å². The van der Waals surface area contributed by atoms with Crippen molar-refractivity contribution in [2.75, 3.05) is 23.3 Å². The Bertz CT molecular complexity index is 542. The molecule has 0 fully saturated rings. The molecule has 0 aliphatic carbocycles. The van der Waals surface area contributed by atoms with E-state index in [0.717, 1.165) is 5.56 Å². The number of carbonyl (C=O) groups excluding carboxylic acids is 1. The van der Waals surface area contributed by atoms with Crippen molar-refractivity contribution < 1.29 is 17.9 Å². The molecule has 1 aromatic rings. The summed E-state index contributed by atoms with van der Waals surface area (Å²) in [5.74, 6) is -0.765. The quantitative estimate of drug-likeness (QED) is 0.745. The topological polar surface area (TPSA) is 111 Å². The van der Waals surface area contributed by atoms with Crippen LogP contribution < -0.4 is 10.5 Å². The maximum absolute atomic E-state index is 11.6. The van der Waals surface area contributed by atoms with E-state index in [4.69, 9.17) is 5.73 Å². The van der Waals surface area contributed by atoms with Gasteiger partial charge in [-0.15, -0.1) is 0 Å². The van der Waals surface area contributed by atoms with Gasteiger partial charge in [-0.2, -0.15) is 0 Å². The third kappa shape index (κ3) is 4.21. The molecule has 0 radical (unpaired) electrons. The number of sulfonamides is 1. The van der Waals surface area contributed by atoms with Gasteiger partial charge in [0.05, 0.1) is 31.2 Å². The molecule has 1 heterocycles. The highest BCUT2D eigenvalue weighted by Gasteiger charge is 2.14. The number of nitrogens with one attached hydrogen (secondary N) is 1. The number of aryl methyl sites for hydroxylation is 1. The van der Waals surface area contributed by atoms with E-state index < -0.39 is 16.0 Å². The molecule has 0 unspecified atom stereocenters. The first-order valence-electron chi connectivity index (χ1n) is 5.13. The molecule has 18 heavy (non-hydrogen) atoms. The van der Waals surface area contributed by atoms with Gasteiger partial charge in [0.2, 0.25) is 10.0 Å². The Morgan fingerprint density at radius 2 is 2.22 bits per heavy atom. The van der Waals surface area contributed by atoms with E-state index in [1.807, 2.05) is 0 Å². The lowest BCUT2D eigenvalue weighted by Gasteiger charge is -2.08. The molecule has 1 aromatic heterocycles. The summed E-state index contributed by atoms with van der Waals surface area (Å²) < 4.78 is 29.9. The van der Waals surface area contributed by atoms with E-state index in [-0.39, 0.29) is 18.0 Å². The number of nitrogen functional groups attached to an aromatic ring is 1. The number of hydrogen-bond donors (Lipinski definition) is 2. The standard InChI is InChI=1S/C10H15N3O4S/c1-7-5-9(12-6-8(7)11)13-18(15,16)4-3-10(14)17-2/h5-6H,3-4,11H2,1-2H3,(H,12,13). The van der Waals surface area contributed by atoms with E-state index in [1.165, 1.54) is 19.4 Å². The van der Waals surface area contributed by atoms with Crippen molar-refractivity contribution in [2.24, 2.45) is 0 Å². The van der Waals surface area contributed by atoms with Gasteiger partial charge in [-0.3, -0.25) is 9.52 Å². The summed E-state index contributed by atoms with van der Waals surface area (Å²) >= 11 is 0. The molecule has 3 N–H and O–H groups in total. The zero-order chi connectivity index (χ0) is 13.8. The molecule has 0 atom stereocenters. The molecule has 0 spiro atoms. The molecule has 0 bridgehead atoms. The minimum atomic E-state index is -3.62. The van der Waals surface area contributed by atoms with Crippen LogP contribution in [0.1, 0.15) is 12.0 Å². The fourth-order valence-corrected chi connectivity index (χ4v) is 2.12. The Morgan fingerprint density at radius 3 is 2.78 bits per heavy atom. The van der Waals surface area contributed by atoms with Gasteiger partial charge in [0.1, 0.15) is 5.82 Å². The SMILES string of the molecule is COC(=O)CCS(=O)(=O)Nc1cc(C)c(N)cn1. The lowest BCUT2D eigenvalue weighted by atomic mass is 10.2. The number of methoxy groups -OCH3 is 1. The minimum absolute atomic E-state index is 0.173. The fourth-order valence-electron chi connectivity index (χ4n) is 1.15. The van der Waals surface area contributed by atoms with Crippen molar-refractivity contribution in [3.63, 3.8) is 0 Å². The molecule has 8 heteroatoms. The van der Waals surface area contributed by atoms with Crippen molar-refractivity contribution in [2.45, 2.75) is 13.3 Å². The zero-order valence-corrected chi connectivity index (χ0v) is 11.0. The van der Waals surface area contributed by atoms with Crippen LogP contribution in [0.4, 0.5) is 11.5 Å². The number of pyridine rings is 1. The highest BCUT2D eigenvalue weighted by Crippen LogP contribution is 2.14. The average Bonchev–Trinajstić information content (AvgIpc) is 2.30. The fraction of sp³-hybridized carbons (Fsp3) is 0.400. The van der Waals surface area contributed by atoms with Crippen molar-refractivity contribution in [3.05, 3.63) is 17.8 Å². The van der Waals surface area contributed by atoms with Crippen LogP contribution in [0, 0.1) is 6.92 Å². The van der Waals surface area contributed by atoms with Crippen LogP contribution in [-0.2, 0) is 19.6 Å². The lowest BCUT2D eigenvalue weighted by molar-refractivity contribution is -0.140. The number of nitrogens with two attached hydrogens (primary N) is 1. The molecular weight excluding hydrogens is 258 g/mol. The predicted octanol–water partition coefficient (Wildman–Crippen LogP) is 0.277. The summed E-state index contributed by atoms with van der Waals surface area (Å²) in [6.45, 7) is 1.74. The summed E-state index contributed by atoms with van der Waals surface area (Å²) in [4.78, 5) is 14.7. The van der Waals surface area contributed by atoms with E-state index >= 15 is 0 Å². The summed E-state index contributed by atoms with van der Waals surface area (Å²) in [5, 5.41) is 0. The number of carbonyl (C=O) groups is 1. The number of aromatic nitrogens is 1. The van der Waals surface area contributed by atoms with E-state index in [1.54, 1.807) is 6.92 Å². The Morgan fingerprint density at radius 1 is 1.56 bits per heavy atom. The monoisotopic (exact) mass is 273 g/mol. The van der Waals surface area contributed by atoms with Gasteiger partial charge in [-0.1, -0.05) is 0 Å². The summed E-state index contributed by atoms with van der Waals surface area (Å²) in [6.07, 6.45) is 1.16. The lowest BCUT2D eigenvalue weighted by Crippen LogP contribution is -2.20. The summed E-state index contributed by atoms with van der Waals surface area (Å²) in [7, 11) is -2.42. The van der Waals surface area contributed by atoms with Gasteiger partial charge in [-0.25, -0.2) is 13.4 Å². The smallest absolute Gasteiger partial charge is 0.306 e. The van der Waals surface area contributed by atoms with Crippen LogP contribution >= 0.6 is 0 Å². The Hall–Kier alpha value is -1.83. The maximum atomic E-state index is 11.6. The van der Waals surface area contributed by atoms with Crippen molar-refractivity contribution in [3.8, 4) is 0 Å². The normalized spacial score (nSPS) is 11.0. The Kier molecular flexibility index (Phi) is 4.49. The maximum Gasteiger partial charge on any atom is 0.306 e. The van der Waals surface area contributed by atoms with Crippen molar-refractivity contribution >= 4 is 27.5 Å². The second-order valence-electron chi connectivity index (χ2n) is 3.67. The second kappa shape index (κ2) is 5.67. The van der Waals surface area contributed by atoms with Crippen LogP contribution in [0.2, 0.25) is 0 Å².